The van der Waals surface area contributed by atoms with Crippen LogP contribution in [0.1, 0.15) is 12.1 Å². The Morgan fingerprint density at radius 3 is 2.92 bits per heavy atom. The molecule has 1 aliphatic rings. The van der Waals surface area contributed by atoms with Gasteiger partial charge >= 0.3 is 0 Å². The molecule has 0 saturated carbocycles. The zero-order valence-corrected chi connectivity index (χ0v) is 13.2. The molecule has 1 saturated heterocycles. The zero-order chi connectivity index (χ0) is 16.2. The van der Waals surface area contributed by atoms with Gasteiger partial charge in [-0.25, -0.2) is 15.0 Å². The molecule has 0 bridgehead atoms. The lowest BCUT2D eigenvalue weighted by atomic mass is 10.3. The number of rotatable bonds is 5. The number of aromatic nitrogens is 5. The van der Waals surface area contributed by atoms with Gasteiger partial charge in [0.2, 0.25) is 0 Å². The molecule has 0 aliphatic carbocycles. The molecule has 7 heteroatoms. The van der Waals surface area contributed by atoms with Gasteiger partial charge in [-0.3, -0.25) is 9.55 Å². The third-order valence-electron chi connectivity index (χ3n) is 4.07. The molecule has 0 amide bonds. The van der Waals surface area contributed by atoms with Crippen LogP contribution in [0.4, 0.5) is 5.82 Å². The van der Waals surface area contributed by atoms with Crippen molar-refractivity contribution in [3.8, 4) is 5.82 Å². The fourth-order valence-electron chi connectivity index (χ4n) is 2.81. The van der Waals surface area contributed by atoms with Crippen LogP contribution in [0.3, 0.4) is 0 Å². The molecule has 0 radical (unpaired) electrons. The van der Waals surface area contributed by atoms with Gasteiger partial charge in [0.1, 0.15) is 24.3 Å². The van der Waals surface area contributed by atoms with E-state index in [-0.39, 0.29) is 6.10 Å². The smallest absolute Gasteiger partial charge is 0.143 e. The van der Waals surface area contributed by atoms with Crippen LogP contribution in [0.15, 0.2) is 55.5 Å². The number of imidazole rings is 1. The molecule has 4 rings (SSSR count). The van der Waals surface area contributed by atoms with Gasteiger partial charge in [0.15, 0.2) is 0 Å². The van der Waals surface area contributed by atoms with Crippen molar-refractivity contribution in [1.29, 1.82) is 0 Å². The summed E-state index contributed by atoms with van der Waals surface area (Å²) in [6, 6.07) is 7.84. The summed E-state index contributed by atoms with van der Waals surface area (Å²) >= 11 is 0. The second kappa shape index (κ2) is 6.76. The van der Waals surface area contributed by atoms with Crippen molar-refractivity contribution in [3.05, 3.63) is 61.2 Å². The average molecular weight is 322 g/mol. The van der Waals surface area contributed by atoms with Crippen LogP contribution in [0.25, 0.3) is 5.82 Å². The predicted octanol–water partition coefficient (Wildman–Crippen LogP) is 1.85. The maximum atomic E-state index is 5.98. The highest BCUT2D eigenvalue weighted by Gasteiger charge is 2.24. The second-order valence-corrected chi connectivity index (χ2v) is 5.69. The van der Waals surface area contributed by atoms with Gasteiger partial charge in [0.25, 0.3) is 0 Å². The molecule has 24 heavy (non-hydrogen) atoms. The third kappa shape index (κ3) is 3.26. The Morgan fingerprint density at radius 2 is 2.08 bits per heavy atom. The van der Waals surface area contributed by atoms with Gasteiger partial charge in [-0.15, -0.1) is 0 Å². The number of ether oxygens (including phenoxy) is 1. The van der Waals surface area contributed by atoms with E-state index in [1.807, 2.05) is 35.0 Å². The van der Waals surface area contributed by atoms with E-state index in [4.69, 9.17) is 4.74 Å². The lowest BCUT2D eigenvalue weighted by molar-refractivity contribution is 0.0533. The van der Waals surface area contributed by atoms with Crippen molar-refractivity contribution in [2.75, 3.05) is 18.0 Å². The highest BCUT2D eigenvalue weighted by Crippen LogP contribution is 2.21. The molecule has 3 aromatic rings. The molecule has 1 atom stereocenters. The van der Waals surface area contributed by atoms with Crippen molar-refractivity contribution >= 4 is 5.82 Å². The first-order valence-electron chi connectivity index (χ1n) is 7.95. The normalized spacial score (nSPS) is 17.3. The van der Waals surface area contributed by atoms with Crippen LogP contribution in [-0.2, 0) is 11.3 Å². The van der Waals surface area contributed by atoms with E-state index in [0.29, 0.717) is 6.61 Å². The molecule has 0 spiro atoms. The largest absolute Gasteiger partial charge is 0.370 e. The Balaban J connectivity index is 1.39. The fraction of sp³-hybridized carbons (Fsp3) is 0.294. The number of hydrogen-bond donors (Lipinski definition) is 0. The Bertz CT molecular complexity index is 777. The van der Waals surface area contributed by atoms with Crippen LogP contribution in [0, 0.1) is 0 Å². The first kappa shape index (κ1) is 14.8. The summed E-state index contributed by atoms with van der Waals surface area (Å²) in [5, 5.41) is 0. The summed E-state index contributed by atoms with van der Waals surface area (Å²) in [6.45, 7) is 2.30. The predicted molar refractivity (Wildman–Crippen MR) is 88.8 cm³/mol. The molecule has 4 heterocycles. The van der Waals surface area contributed by atoms with E-state index in [1.54, 1.807) is 25.0 Å². The van der Waals surface area contributed by atoms with Crippen LogP contribution < -0.4 is 4.90 Å². The first-order valence-corrected chi connectivity index (χ1v) is 7.95. The topological polar surface area (TPSA) is 69.0 Å². The summed E-state index contributed by atoms with van der Waals surface area (Å²) < 4.78 is 7.85. The van der Waals surface area contributed by atoms with Crippen molar-refractivity contribution in [1.82, 2.24) is 24.5 Å². The quantitative estimate of drug-likeness (QED) is 0.714. The van der Waals surface area contributed by atoms with E-state index < -0.39 is 0 Å². The zero-order valence-electron chi connectivity index (χ0n) is 13.2. The molecule has 7 nitrogen and oxygen atoms in total. The van der Waals surface area contributed by atoms with Crippen molar-refractivity contribution in [2.24, 2.45) is 0 Å². The molecule has 0 unspecified atom stereocenters. The van der Waals surface area contributed by atoms with E-state index >= 15 is 0 Å². The summed E-state index contributed by atoms with van der Waals surface area (Å²) in [5.74, 6) is 1.73. The summed E-state index contributed by atoms with van der Waals surface area (Å²) in [7, 11) is 0. The standard InChI is InChI=1S/C17H18N6O/c1-2-5-19-14(3-1)11-24-15-4-7-22(10-15)16-9-17(21-12-20-16)23-8-6-18-13-23/h1-3,5-6,8-9,12-13,15H,4,7,10-11H2/t15-/m1/s1. The van der Waals surface area contributed by atoms with Gasteiger partial charge in [0, 0.05) is 37.7 Å². The van der Waals surface area contributed by atoms with Crippen LogP contribution >= 0.6 is 0 Å². The minimum atomic E-state index is 0.193. The molecule has 0 aromatic carbocycles. The van der Waals surface area contributed by atoms with Gasteiger partial charge in [-0.2, -0.15) is 0 Å². The Hall–Kier alpha value is -2.80. The van der Waals surface area contributed by atoms with E-state index in [9.17, 15) is 0 Å². The van der Waals surface area contributed by atoms with E-state index in [0.717, 1.165) is 36.8 Å². The summed E-state index contributed by atoms with van der Waals surface area (Å²) in [5.41, 5.74) is 0.959. The Morgan fingerprint density at radius 1 is 1.12 bits per heavy atom. The second-order valence-electron chi connectivity index (χ2n) is 5.69. The number of anilines is 1. The van der Waals surface area contributed by atoms with Crippen LogP contribution in [0.2, 0.25) is 0 Å². The lowest BCUT2D eigenvalue weighted by Gasteiger charge is -2.18. The van der Waals surface area contributed by atoms with Crippen molar-refractivity contribution < 1.29 is 4.74 Å². The van der Waals surface area contributed by atoms with E-state index in [1.165, 1.54) is 0 Å². The van der Waals surface area contributed by atoms with E-state index in [2.05, 4.69) is 24.8 Å². The van der Waals surface area contributed by atoms with Crippen LogP contribution in [-0.4, -0.2) is 43.7 Å². The SMILES string of the molecule is c1ccc(CO[C@@H]2CCN(c3cc(-n4ccnc4)ncn3)C2)nc1. The minimum absolute atomic E-state index is 0.193. The third-order valence-corrected chi connectivity index (χ3v) is 4.07. The average Bonchev–Trinajstić information content (AvgIpc) is 3.33. The monoisotopic (exact) mass is 322 g/mol. The molecule has 0 N–H and O–H groups in total. The lowest BCUT2D eigenvalue weighted by Crippen LogP contribution is -2.24. The molecular formula is C17H18N6O. The first-order chi connectivity index (χ1) is 11.9. The maximum Gasteiger partial charge on any atom is 0.143 e. The molecule has 122 valence electrons. The van der Waals surface area contributed by atoms with Crippen LogP contribution in [0.5, 0.6) is 0 Å². The van der Waals surface area contributed by atoms with Gasteiger partial charge in [-0.1, -0.05) is 6.07 Å². The molecule has 1 fully saturated rings. The molecule has 1 aliphatic heterocycles. The van der Waals surface area contributed by atoms with Gasteiger partial charge < -0.3 is 9.64 Å². The Kier molecular flexibility index (Phi) is 4.16. The molecule has 3 aromatic heterocycles. The van der Waals surface area contributed by atoms with Gasteiger partial charge in [-0.05, 0) is 18.6 Å². The highest BCUT2D eigenvalue weighted by atomic mass is 16.5. The fourth-order valence-corrected chi connectivity index (χ4v) is 2.81. The number of pyridine rings is 1. The van der Waals surface area contributed by atoms with Crippen molar-refractivity contribution in [2.45, 2.75) is 19.1 Å². The minimum Gasteiger partial charge on any atom is -0.370 e. The Labute approximate surface area is 140 Å². The summed E-state index contributed by atoms with van der Waals surface area (Å²) in [6.07, 6.45) is 9.89. The highest BCUT2D eigenvalue weighted by molar-refractivity contribution is 5.44. The molecular weight excluding hydrogens is 304 g/mol. The maximum absolute atomic E-state index is 5.98. The summed E-state index contributed by atoms with van der Waals surface area (Å²) in [4.78, 5) is 19.3. The van der Waals surface area contributed by atoms with Gasteiger partial charge in [0.05, 0.1) is 18.4 Å². The van der Waals surface area contributed by atoms with Crippen molar-refractivity contribution in [3.63, 3.8) is 0 Å². The number of nitrogens with zero attached hydrogens (tertiary/aromatic N) is 6. The number of hydrogen-bond acceptors (Lipinski definition) is 6.